The first-order chi connectivity index (χ1) is 15.4. The maximum Gasteiger partial charge on any atom is 0.181 e. The largest absolute Gasteiger partial charge is 0.296 e. The van der Waals surface area contributed by atoms with Crippen LogP contribution >= 0.6 is 23.2 Å². The summed E-state index contributed by atoms with van der Waals surface area (Å²) in [5.74, 6) is 6.16. The van der Waals surface area contributed by atoms with Crippen molar-refractivity contribution in [3.63, 3.8) is 0 Å². The molecular weight excluding hydrogens is 447 g/mol. The number of carbonyl (C=O) groups is 1. The van der Waals surface area contributed by atoms with Gasteiger partial charge in [0, 0.05) is 11.8 Å². The van der Waals surface area contributed by atoms with Gasteiger partial charge in [0.15, 0.2) is 10.1 Å². The van der Waals surface area contributed by atoms with E-state index in [2.05, 4.69) is 34.6 Å². The van der Waals surface area contributed by atoms with Crippen LogP contribution in [0.2, 0.25) is 0 Å². The lowest BCUT2D eigenvalue weighted by molar-refractivity contribution is -0.159. The zero-order chi connectivity index (χ0) is 23.8. The van der Waals surface area contributed by atoms with Crippen molar-refractivity contribution in [2.75, 3.05) is 0 Å². The second-order valence-electron chi connectivity index (χ2n) is 14.3. The minimum absolute atomic E-state index is 0.0658. The van der Waals surface area contributed by atoms with E-state index in [9.17, 15) is 4.79 Å². The first-order valence-electron chi connectivity index (χ1n) is 14.4. The van der Waals surface area contributed by atoms with Crippen LogP contribution in [0.5, 0.6) is 0 Å². The highest BCUT2D eigenvalue weighted by molar-refractivity contribution is 6.61. The predicted molar refractivity (Wildman–Crippen MR) is 140 cm³/mol. The van der Waals surface area contributed by atoms with E-state index in [-0.39, 0.29) is 11.2 Å². The van der Waals surface area contributed by atoms with Crippen LogP contribution in [0, 0.1) is 57.7 Å². The summed E-state index contributed by atoms with van der Waals surface area (Å²) in [6, 6.07) is 0. The normalized spacial score (nSPS) is 49.3. The number of ketones is 1. The lowest BCUT2D eigenvalue weighted by Crippen LogP contribution is -2.63. The number of halogens is 2. The summed E-state index contributed by atoms with van der Waals surface area (Å²) in [6.45, 7) is 12.6. The van der Waals surface area contributed by atoms with Crippen LogP contribution in [0.3, 0.4) is 0 Å². The van der Waals surface area contributed by atoms with Crippen molar-refractivity contribution in [3.05, 3.63) is 0 Å². The second kappa shape index (κ2) is 8.39. The van der Waals surface area contributed by atoms with Gasteiger partial charge in [0.1, 0.15) is 0 Å². The first kappa shape index (κ1) is 24.9. The standard InChI is InChI=1S/C30H48Cl2O/c1-19(2)7-6-8-20(3)23-11-12-24-22-10-9-21-17-29(18-26(33)30(29,31)32)16-15-27(21,4)25(22)13-14-28(23,24)5/h19-25H,6-18H2,1-5H3/t20-,21+,22+,23-,24+,25+,27+,28-,29+/m1/s1. The molecule has 9 atom stereocenters. The van der Waals surface area contributed by atoms with Crippen LogP contribution in [0.25, 0.3) is 0 Å². The van der Waals surface area contributed by atoms with Gasteiger partial charge >= 0.3 is 0 Å². The summed E-state index contributed by atoms with van der Waals surface area (Å²) in [7, 11) is 0. The molecule has 0 aromatic rings. The van der Waals surface area contributed by atoms with E-state index in [1.165, 1.54) is 64.2 Å². The molecule has 5 aliphatic rings. The van der Waals surface area contributed by atoms with Crippen molar-refractivity contribution in [2.45, 2.75) is 122 Å². The Kier molecular flexibility index (Phi) is 6.34. The molecule has 0 unspecified atom stereocenters. The summed E-state index contributed by atoms with van der Waals surface area (Å²) >= 11 is 13.2. The van der Waals surface area contributed by atoms with E-state index in [1.807, 2.05) is 0 Å². The lowest BCUT2D eigenvalue weighted by atomic mass is 9.41. The van der Waals surface area contributed by atoms with Gasteiger partial charge in [-0.05, 0) is 110 Å². The van der Waals surface area contributed by atoms with Gasteiger partial charge in [0.25, 0.3) is 0 Å². The fraction of sp³-hybridized carbons (Fsp3) is 0.967. The molecule has 0 aromatic heterocycles. The van der Waals surface area contributed by atoms with Crippen molar-refractivity contribution in [1.82, 2.24) is 0 Å². The molecule has 0 saturated heterocycles. The molecule has 0 amide bonds. The van der Waals surface area contributed by atoms with E-state index in [1.54, 1.807) is 0 Å². The number of carbonyl (C=O) groups excluding carboxylic acids is 1. The molecule has 5 fully saturated rings. The molecule has 1 nitrogen and oxygen atoms in total. The maximum absolute atomic E-state index is 12.2. The molecule has 0 bridgehead atoms. The molecule has 3 heteroatoms. The minimum atomic E-state index is -1.11. The number of hydrogen-bond acceptors (Lipinski definition) is 1. The number of alkyl halides is 2. The summed E-state index contributed by atoms with van der Waals surface area (Å²) < 4.78 is -1.11. The highest BCUT2D eigenvalue weighted by Gasteiger charge is 2.69. The third-order valence-electron chi connectivity index (χ3n) is 12.6. The molecule has 5 rings (SSSR count). The maximum atomic E-state index is 12.2. The topological polar surface area (TPSA) is 17.1 Å². The lowest BCUT2D eigenvalue weighted by Gasteiger charge is -2.65. The predicted octanol–water partition coefficient (Wildman–Crippen LogP) is 9.24. The van der Waals surface area contributed by atoms with Crippen LogP contribution < -0.4 is 0 Å². The number of rotatable bonds is 5. The highest BCUT2D eigenvalue weighted by atomic mass is 35.5. The molecule has 33 heavy (non-hydrogen) atoms. The quantitative estimate of drug-likeness (QED) is 0.347. The molecule has 0 heterocycles. The Balaban J connectivity index is 1.29. The van der Waals surface area contributed by atoms with E-state index >= 15 is 0 Å². The second-order valence-corrected chi connectivity index (χ2v) is 15.7. The fourth-order valence-electron chi connectivity index (χ4n) is 10.5. The number of hydrogen-bond donors (Lipinski definition) is 0. The van der Waals surface area contributed by atoms with Crippen molar-refractivity contribution in [2.24, 2.45) is 57.7 Å². The Morgan fingerprint density at radius 2 is 1.61 bits per heavy atom. The van der Waals surface area contributed by atoms with Gasteiger partial charge < -0.3 is 0 Å². The highest BCUT2D eigenvalue weighted by Crippen LogP contribution is 2.72. The van der Waals surface area contributed by atoms with E-state index in [0.717, 1.165) is 48.3 Å². The number of Topliss-reactive ketones (excluding diaryl/α,β-unsaturated/α-hetero) is 1. The average Bonchev–Trinajstić information content (AvgIpc) is 3.11. The van der Waals surface area contributed by atoms with Gasteiger partial charge in [-0.25, -0.2) is 0 Å². The molecule has 5 saturated carbocycles. The van der Waals surface area contributed by atoms with Crippen LogP contribution in [0.1, 0.15) is 118 Å². The molecule has 188 valence electrons. The summed E-state index contributed by atoms with van der Waals surface area (Å²) in [4.78, 5) is 12.2. The smallest absolute Gasteiger partial charge is 0.181 e. The van der Waals surface area contributed by atoms with Crippen molar-refractivity contribution in [1.29, 1.82) is 0 Å². The van der Waals surface area contributed by atoms with E-state index in [0.29, 0.717) is 23.2 Å². The van der Waals surface area contributed by atoms with E-state index in [4.69, 9.17) is 23.2 Å². The molecule has 0 radical (unpaired) electrons. The number of fused-ring (bicyclic) bond motifs is 5. The van der Waals surface area contributed by atoms with Crippen LogP contribution in [0.15, 0.2) is 0 Å². The third kappa shape index (κ3) is 3.62. The molecule has 1 spiro atoms. The van der Waals surface area contributed by atoms with Crippen molar-refractivity contribution < 1.29 is 4.79 Å². The van der Waals surface area contributed by atoms with Crippen LogP contribution in [0.4, 0.5) is 0 Å². The molecule has 5 aliphatic carbocycles. The molecule has 0 N–H and O–H groups in total. The van der Waals surface area contributed by atoms with Crippen molar-refractivity contribution >= 4 is 29.0 Å². The van der Waals surface area contributed by atoms with Gasteiger partial charge in [0.05, 0.1) is 0 Å². The zero-order valence-corrected chi connectivity index (χ0v) is 23.4. The third-order valence-corrected chi connectivity index (χ3v) is 13.8. The summed E-state index contributed by atoms with van der Waals surface area (Å²) in [6.07, 6.45) is 16.8. The van der Waals surface area contributed by atoms with Gasteiger partial charge in [-0.15, -0.1) is 0 Å². The van der Waals surface area contributed by atoms with Crippen LogP contribution in [-0.4, -0.2) is 10.1 Å². The SMILES string of the molecule is CC(C)CCC[C@@H](C)[C@H]1CC[C@H]2[C@@H]3CC[C@H]4C[C@@]5(CC[C@]4(C)[C@H]3CC[C@]12C)CC(=O)C5(Cl)Cl. The minimum Gasteiger partial charge on any atom is -0.296 e. The molecule has 0 aliphatic heterocycles. The summed E-state index contributed by atoms with van der Waals surface area (Å²) in [5.41, 5.74) is 0.871. The zero-order valence-electron chi connectivity index (χ0n) is 21.9. The van der Waals surface area contributed by atoms with E-state index < -0.39 is 4.33 Å². The Labute approximate surface area is 213 Å². The Hall–Kier alpha value is 0.250. The molecular formula is C30H48Cl2O. The van der Waals surface area contributed by atoms with Gasteiger partial charge in [-0.3, -0.25) is 4.79 Å². The first-order valence-corrected chi connectivity index (χ1v) is 15.1. The van der Waals surface area contributed by atoms with Gasteiger partial charge in [-0.1, -0.05) is 77.1 Å². The van der Waals surface area contributed by atoms with Gasteiger partial charge in [0.2, 0.25) is 0 Å². The Morgan fingerprint density at radius 1 is 0.879 bits per heavy atom. The average molecular weight is 496 g/mol. The Morgan fingerprint density at radius 3 is 2.27 bits per heavy atom. The van der Waals surface area contributed by atoms with Gasteiger partial charge in [-0.2, -0.15) is 0 Å². The monoisotopic (exact) mass is 494 g/mol. The fourth-order valence-corrected chi connectivity index (χ4v) is 11.1. The Bertz CT molecular complexity index is 775. The molecule has 0 aromatic carbocycles. The van der Waals surface area contributed by atoms with Crippen molar-refractivity contribution in [3.8, 4) is 0 Å². The summed E-state index contributed by atoms with van der Waals surface area (Å²) in [5, 5.41) is 0. The van der Waals surface area contributed by atoms with Crippen LogP contribution in [-0.2, 0) is 4.79 Å².